The Morgan fingerprint density at radius 2 is 1.06 bits per heavy atom. The molecule has 0 saturated heterocycles. The first kappa shape index (κ1) is 29.6. The maximum absolute atomic E-state index is 13.1. The summed E-state index contributed by atoms with van der Waals surface area (Å²) in [6, 6.07) is 10.1. The minimum Gasteiger partial charge on any atom is -0.207 e. The van der Waals surface area contributed by atoms with E-state index in [2.05, 4.69) is 0 Å². The normalized spacial score (nSPS) is 10.7. The molecule has 3 aromatic carbocycles. The van der Waals surface area contributed by atoms with Crippen molar-refractivity contribution in [2.45, 2.75) is 59.3 Å². The summed E-state index contributed by atoms with van der Waals surface area (Å²) in [6.07, 6.45) is 0. The van der Waals surface area contributed by atoms with E-state index >= 15 is 0 Å². The lowest BCUT2D eigenvalue weighted by Gasteiger charge is -2.07. The lowest BCUT2D eigenvalue weighted by atomic mass is 10.0. The Kier molecular flexibility index (Phi) is 11.7. The molecular weight excluding hydrogens is 474 g/mol. The van der Waals surface area contributed by atoms with E-state index in [1.165, 1.54) is 12.1 Å². The standard InChI is InChI=1S/C9H10ClF.C9H9F3.C9H10F2/c1-6(2)7-4-3-5-8(10)9(7)11;1-5(2)9-7(11)3-6(10)4-8(9)12;1-6(2)8-4-3-7(10)5-9(8)11/h3-6H,1-2H3;3-5H,1-2H3;3-6H,1-2H3. The molecule has 0 saturated carbocycles. The van der Waals surface area contributed by atoms with Crippen LogP contribution in [0, 0.1) is 34.9 Å². The van der Waals surface area contributed by atoms with Gasteiger partial charge in [-0.3, -0.25) is 0 Å². The van der Waals surface area contributed by atoms with E-state index in [0.717, 1.165) is 6.07 Å². The van der Waals surface area contributed by atoms with Crippen LogP contribution >= 0.6 is 11.6 Å². The molecule has 0 spiro atoms. The van der Waals surface area contributed by atoms with E-state index in [-0.39, 0.29) is 34.2 Å². The minimum atomic E-state index is -0.880. The van der Waals surface area contributed by atoms with Crippen molar-refractivity contribution in [3.63, 3.8) is 0 Å². The summed E-state index contributed by atoms with van der Waals surface area (Å²) in [5.74, 6) is -3.76. The van der Waals surface area contributed by atoms with E-state index < -0.39 is 29.1 Å². The highest BCUT2D eigenvalue weighted by molar-refractivity contribution is 6.30. The second-order valence-corrected chi connectivity index (χ2v) is 8.96. The number of rotatable bonds is 3. The summed E-state index contributed by atoms with van der Waals surface area (Å²) >= 11 is 5.58. The monoisotopic (exact) mass is 502 g/mol. The van der Waals surface area contributed by atoms with Gasteiger partial charge in [-0.1, -0.05) is 71.3 Å². The SMILES string of the molecule is CC(C)c1c(F)cc(F)cc1F.CC(C)c1ccc(F)cc1F.CC(C)c1cccc(Cl)c1F. The molecule has 0 aliphatic rings. The maximum Gasteiger partial charge on any atom is 0.145 e. The van der Waals surface area contributed by atoms with Crippen molar-refractivity contribution < 1.29 is 26.3 Å². The Morgan fingerprint density at radius 3 is 1.47 bits per heavy atom. The summed E-state index contributed by atoms with van der Waals surface area (Å²) in [5, 5.41) is 0.205. The van der Waals surface area contributed by atoms with Crippen molar-refractivity contribution >= 4 is 11.6 Å². The van der Waals surface area contributed by atoms with Crippen molar-refractivity contribution in [3.8, 4) is 0 Å². The van der Waals surface area contributed by atoms with Crippen LogP contribution in [0.5, 0.6) is 0 Å². The summed E-state index contributed by atoms with van der Waals surface area (Å²) < 4.78 is 76.5. The van der Waals surface area contributed by atoms with Gasteiger partial charge < -0.3 is 0 Å². The van der Waals surface area contributed by atoms with Crippen LogP contribution in [0.15, 0.2) is 48.5 Å². The zero-order valence-corrected chi connectivity index (χ0v) is 20.8. The van der Waals surface area contributed by atoms with Crippen LogP contribution in [-0.2, 0) is 0 Å². The highest BCUT2D eigenvalue weighted by Crippen LogP contribution is 2.24. The first-order valence-corrected chi connectivity index (χ1v) is 11.2. The zero-order chi connectivity index (χ0) is 26.2. The average molecular weight is 503 g/mol. The van der Waals surface area contributed by atoms with Gasteiger partial charge in [0.2, 0.25) is 0 Å². The van der Waals surface area contributed by atoms with Gasteiger partial charge in [-0.2, -0.15) is 0 Å². The van der Waals surface area contributed by atoms with Crippen LogP contribution in [0.4, 0.5) is 26.3 Å². The van der Waals surface area contributed by atoms with Gasteiger partial charge >= 0.3 is 0 Å². The Bertz CT molecular complexity index is 1050. The van der Waals surface area contributed by atoms with Crippen LogP contribution < -0.4 is 0 Å². The van der Waals surface area contributed by atoms with Crippen LogP contribution in [0.2, 0.25) is 5.02 Å². The Balaban J connectivity index is 0.000000255. The van der Waals surface area contributed by atoms with E-state index in [0.29, 0.717) is 23.3 Å². The van der Waals surface area contributed by atoms with Crippen LogP contribution in [0.1, 0.15) is 76.0 Å². The molecule has 0 aliphatic heterocycles. The highest BCUT2D eigenvalue weighted by atomic mass is 35.5. The van der Waals surface area contributed by atoms with Gasteiger partial charge in [0.05, 0.1) is 5.02 Å². The van der Waals surface area contributed by atoms with Crippen molar-refractivity contribution in [2.75, 3.05) is 0 Å². The summed E-state index contributed by atoms with van der Waals surface area (Å²) in [7, 11) is 0. The van der Waals surface area contributed by atoms with Gasteiger partial charge in [0.15, 0.2) is 0 Å². The lowest BCUT2D eigenvalue weighted by molar-refractivity contribution is 0.514. The van der Waals surface area contributed by atoms with Gasteiger partial charge in [-0.25, -0.2) is 26.3 Å². The summed E-state index contributed by atoms with van der Waals surface area (Å²) in [6.45, 7) is 10.9. The smallest absolute Gasteiger partial charge is 0.145 e. The van der Waals surface area contributed by atoms with E-state index in [4.69, 9.17) is 11.6 Å². The number of hydrogen-bond donors (Lipinski definition) is 0. The van der Waals surface area contributed by atoms with Crippen molar-refractivity contribution in [2.24, 2.45) is 0 Å². The molecule has 3 rings (SSSR count). The van der Waals surface area contributed by atoms with Gasteiger partial charge in [0.1, 0.15) is 34.9 Å². The van der Waals surface area contributed by atoms with E-state index in [1.54, 1.807) is 32.0 Å². The number of benzene rings is 3. The van der Waals surface area contributed by atoms with Gasteiger partial charge in [0.25, 0.3) is 0 Å². The van der Waals surface area contributed by atoms with Crippen LogP contribution in [0.3, 0.4) is 0 Å². The van der Waals surface area contributed by atoms with Crippen molar-refractivity contribution in [3.05, 3.63) is 105 Å². The molecule has 34 heavy (non-hydrogen) atoms. The first-order chi connectivity index (χ1) is 15.8. The molecule has 3 aromatic rings. The predicted octanol–water partition coefficient (Wildman–Crippen LogP) is 9.92. The largest absolute Gasteiger partial charge is 0.207 e. The fourth-order valence-electron chi connectivity index (χ4n) is 3.04. The first-order valence-electron chi connectivity index (χ1n) is 10.8. The van der Waals surface area contributed by atoms with Gasteiger partial charge in [-0.05, 0) is 41.0 Å². The molecule has 186 valence electrons. The highest BCUT2D eigenvalue weighted by Gasteiger charge is 2.14. The molecule has 0 aromatic heterocycles. The number of halogens is 7. The second-order valence-electron chi connectivity index (χ2n) is 8.56. The summed E-state index contributed by atoms with van der Waals surface area (Å²) in [4.78, 5) is 0. The van der Waals surface area contributed by atoms with Crippen molar-refractivity contribution in [1.82, 2.24) is 0 Å². The van der Waals surface area contributed by atoms with Gasteiger partial charge in [0, 0.05) is 23.8 Å². The van der Waals surface area contributed by atoms with Crippen molar-refractivity contribution in [1.29, 1.82) is 0 Å². The third-order valence-electron chi connectivity index (χ3n) is 4.81. The Labute approximate surface area is 202 Å². The third kappa shape index (κ3) is 8.71. The molecule has 0 atom stereocenters. The molecule has 0 fully saturated rings. The molecule has 7 heteroatoms. The third-order valence-corrected chi connectivity index (χ3v) is 5.10. The molecule has 0 N–H and O–H groups in total. The molecule has 0 heterocycles. The molecule has 0 bridgehead atoms. The fraction of sp³-hybridized carbons (Fsp3) is 0.333. The molecule has 0 nitrogen and oxygen atoms in total. The lowest BCUT2D eigenvalue weighted by Crippen LogP contribution is -1.98. The Morgan fingerprint density at radius 1 is 0.559 bits per heavy atom. The average Bonchev–Trinajstić information content (AvgIpc) is 2.69. The summed E-state index contributed by atoms with van der Waals surface area (Å²) in [5.41, 5.74) is 1.18. The van der Waals surface area contributed by atoms with E-state index in [9.17, 15) is 26.3 Å². The molecule has 0 unspecified atom stereocenters. The molecule has 0 amide bonds. The number of hydrogen-bond acceptors (Lipinski definition) is 0. The second kappa shape index (κ2) is 13.4. The predicted molar refractivity (Wildman–Crippen MR) is 126 cm³/mol. The zero-order valence-electron chi connectivity index (χ0n) is 20.0. The molecule has 0 aliphatic carbocycles. The van der Waals surface area contributed by atoms with Crippen LogP contribution in [-0.4, -0.2) is 0 Å². The van der Waals surface area contributed by atoms with Gasteiger partial charge in [-0.15, -0.1) is 0 Å². The Hall–Kier alpha value is -2.47. The quantitative estimate of drug-likeness (QED) is 0.312. The molecule has 0 radical (unpaired) electrons. The van der Waals surface area contributed by atoms with Crippen LogP contribution in [0.25, 0.3) is 0 Å². The topological polar surface area (TPSA) is 0 Å². The maximum atomic E-state index is 13.1. The minimum absolute atomic E-state index is 0.0589. The molecular formula is C27H29ClF6. The fourth-order valence-corrected chi connectivity index (χ4v) is 3.22. The van der Waals surface area contributed by atoms with E-state index in [1.807, 2.05) is 27.7 Å².